The van der Waals surface area contributed by atoms with Crippen LogP contribution in [-0.2, 0) is 6.54 Å². The molecule has 0 aliphatic heterocycles. The van der Waals surface area contributed by atoms with Gasteiger partial charge in [0.15, 0.2) is 0 Å². The highest BCUT2D eigenvalue weighted by molar-refractivity contribution is 5.89. The quantitative estimate of drug-likeness (QED) is 0.755. The molecule has 2 amide bonds. The molecule has 6 heteroatoms. The summed E-state index contributed by atoms with van der Waals surface area (Å²) >= 11 is 0. The summed E-state index contributed by atoms with van der Waals surface area (Å²) in [5, 5.41) is 4.85. The average Bonchev–Trinajstić information content (AvgIpc) is 2.40. The van der Waals surface area contributed by atoms with Crippen LogP contribution in [0.3, 0.4) is 0 Å². The number of nitrogens with two attached hydrogens (primary N) is 1. The number of halogens is 2. The summed E-state index contributed by atoms with van der Waals surface area (Å²) in [6, 6.07) is 9.36. The number of nitrogens with one attached hydrogen (secondary N) is 2. The molecular formula is C14H13F2N3O. The minimum absolute atomic E-state index is 0.0866. The first-order valence-electron chi connectivity index (χ1n) is 5.89. The van der Waals surface area contributed by atoms with Crippen LogP contribution in [0, 0.1) is 11.6 Å². The lowest BCUT2D eigenvalue weighted by Crippen LogP contribution is -2.28. The Labute approximate surface area is 114 Å². The number of carbonyl (C=O) groups is 1. The van der Waals surface area contributed by atoms with Crippen LogP contribution in [0.25, 0.3) is 0 Å². The van der Waals surface area contributed by atoms with Crippen molar-refractivity contribution in [2.75, 3.05) is 11.1 Å². The fourth-order valence-electron chi connectivity index (χ4n) is 1.64. The Bertz CT molecular complexity index is 632. The van der Waals surface area contributed by atoms with Crippen molar-refractivity contribution in [3.63, 3.8) is 0 Å². The van der Waals surface area contributed by atoms with Gasteiger partial charge >= 0.3 is 6.03 Å². The van der Waals surface area contributed by atoms with Crippen molar-refractivity contribution in [3.05, 3.63) is 59.7 Å². The zero-order valence-electron chi connectivity index (χ0n) is 10.5. The maximum Gasteiger partial charge on any atom is 0.319 e. The second-order valence-corrected chi connectivity index (χ2v) is 4.18. The lowest BCUT2D eigenvalue weighted by Gasteiger charge is -2.09. The number of benzene rings is 2. The Morgan fingerprint density at radius 2 is 1.95 bits per heavy atom. The van der Waals surface area contributed by atoms with E-state index >= 15 is 0 Å². The smallest absolute Gasteiger partial charge is 0.319 e. The Kier molecular flexibility index (Phi) is 4.14. The number of carbonyl (C=O) groups excluding carboxylic acids is 1. The number of amides is 2. The van der Waals surface area contributed by atoms with Crippen molar-refractivity contribution in [1.29, 1.82) is 0 Å². The van der Waals surface area contributed by atoms with E-state index in [1.165, 1.54) is 0 Å². The van der Waals surface area contributed by atoms with Gasteiger partial charge in [-0.1, -0.05) is 12.1 Å². The van der Waals surface area contributed by atoms with Gasteiger partial charge in [-0.05, 0) is 29.8 Å². The third-order valence-electron chi connectivity index (χ3n) is 2.58. The van der Waals surface area contributed by atoms with E-state index in [1.807, 2.05) is 0 Å². The molecule has 0 radical (unpaired) electrons. The molecule has 2 aromatic rings. The molecule has 0 aliphatic carbocycles. The highest BCUT2D eigenvalue weighted by Crippen LogP contribution is 2.14. The predicted octanol–water partition coefficient (Wildman–Crippen LogP) is 2.87. The van der Waals surface area contributed by atoms with Crippen molar-refractivity contribution in [3.8, 4) is 0 Å². The van der Waals surface area contributed by atoms with Crippen molar-refractivity contribution in [1.82, 2.24) is 5.32 Å². The van der Waals surface area contributed by atoms with E-state index in [-0.39, 0.29) is 12.2 Å². The zero-order chi connectivity index (χ0) is 14.5. The lowest BCUT2D eigenvalue weighted by molar-refractivity contribution is 0.251. The number of rotatable bonds is 3. The molecule has 104 valence electrons. The molecule has 0 bridgehead atoms. The average molecular weight is 277 g/mol. The number of hydrogen-bond donors (Lipinski definition) is 3. The van der Waals surface area contributed by atoms with Gasteiger partial charge in [-0.15, -0.1) is 0 Å². The molecule has 0 aliphatic rings. The van der Waals surface area contributed by atoms with E-state index in [2.05, 4.69) is 10.6 Å². The molecule has 0 saturated carbocycles. The van der Waals surface area contributed by atoms with Gasteiger partial charge in [0.1, 0.15) is 11.6 Å². The lowest BCUT2D eigenvalue weighted by atomic mass is 10.2. The third-order valence-corrected chi connectivity index (χ3v) is 2.58. The summed E-state index contributed by atoms with van der Waals surface area (Å²) < 4.78 is 26.0. The Balaban J connectivity index is 1.92. The van der Waals surface area contributed by atoms with Gasteiger partial charge in [-0.3, -0.25) is 0 Å². The molecule has 4 N–H and O–H groups in total. The number of nitrogen functional groups attached to an aromatic ring is 1. The van der Waals surface area contributed by atoms with Gasteiger partial charge in [0.25, 0.3) is 0 Å². The van der Waals surface area contributed by atoms with Gasteiger partial charge < -0.3 is 16.4 Å². The van der Waals surface area contributed by atoms with E-state index in [0.29, 0.717) is 11.8 Å². The van der Waals surface area contributed by atoms with Crippen molar-refractivity contribution >= 4 is 17.4 Å². The largest absolute Gasteiger partial charge is 0.399 e. The first kappa shape index (κ1) is 13.8. The standard InChI is InChI=1S/C14H13F2N3O/c15-10-4-5-13(12(16)7-10)19-14(20)18-8-9-2-1-3-11(17)6-9/h1-7H,8,17H2,(H2,18,19,20). The van der Waals surface area contributed by atoms with Crippen LogP contribution in [-0.4, -0.2) is 6.03 Å². The SMILES string of the molecule is Nc1cccc(CNC(=O)Nc2ccc(F)cc2F)c1. The number of urea groups is 1. The minimum atomic E-state index is -0.830. The van der Waals surface area contributed by atoms with Gasteiger partial charge in [-0.2, -0.15) is 0 Å². The number of hydrogen-bond acceptors (Lipinski definition) is 2. The molecular weight excluding hydrogens is 264 g/mol. The van der Waals surface area contributed by atoms with Crippen LogP contribution in [0.15, 0.2) is 42.5 Å². The summed E-state index contributed by atoms with van der Waals surface area (Å²) in [5.41, 5.74) is 6.93. The van der Waals surface area contributed by atoms with E-state index in [9.17, 15) is 13.6 Å². The molecule has 0 spiro atoms. The molecule has 0 aromatic heterocycles. The molecule has 0 fully saturated rings. The topological polar surface area (TPSA) is 67.1 Å². The summed E-state index contributed by atoms with van der Waals surface area (Å²) in [7, 11) is 0. The van der Waals surface area contributed by atoms with Gasteiger partial charge in [0.05, 0.1) is 5.69 Å². The van der Waals surface area contributed by atoms with Gasteiger partial charge in [-0.25, -0.2) is 13.6 Å². The van der Waals surface area contributed by atoms with Gasteiger partial charge in [0.2, 0.25) is 0 Å². The Morgan fingerprint density at radius 1 is 1.15 bits per heavy atom. The fraction of sp³-hybridized carbons (Fsp3) is 0.0714. The second kappa shape index (κ2) is 6.01. The summed E-state index contributed by atoms with van der Waals surface area (Å²) in [6.07, 6.45) is 0. The Morgan fingerprint density at radius 3 is 2.65 bits per heavy atom. The molecule has 0 heterocycles. The maximum atomic E-state index is 13.3. The molecule has 2 rings (SSSR count). The normalized spacial score (nSPS) is 10.1. The van der Waals surface area contributed by atoms with Crippen molar-refractivity contribution < 1.29 is 13.6 Å². The van der Waals surface area contributed by atoms with E-state index in [4.69, 9.17) is 5.73 Å². The van der Waals surface area contributed by atoms with Crippen LogP contribution in [0.2, 0.25) is 0 Å². The van der Waals surface area contributed by atoms with Crippen molar-refractivity contribution in [2.24, 2.45) is 0 Å². The molecule has 4 nitrogen and oxygen atoms in total. The van der Waals surface area contributed by atoms with Gasteiger partial charge in [0, 0.05) is 18.3 Å². The molecule has 20 heavy (non-hydrogen) atoms. The van der Waals surface area contributed by atoms with Crippen LogP contribution in [0.1, 0.15) is 5.56 Å². The van der Waals surface area contributed by atoms with E-state index in [1.54, 1.807) is 24.3 Å². The molecule has 0 atom stereocenters. The van der Waals surface area contributed by atoms with Crippen molar-refractivity contribution in [2.45, 2.75) is 6.54 Å². The summed E-state index contributed by atoms with van der Waals surface area (Å²) in [5.74, 6) is -1.53. The highest BCUT2D eigenvalue weighted by atomic mass is 19.1. The van der Waals surface area contributed by atoms with Crippen LogP contribution < -0.4 is 16.4 Å². The van der Waals surface area contributed by atoms with Crippen LogP contribution >= 0.6 is 0 Å². The summed E-state index contributed by atoms with van der Waals surface area (Å²) in [4.78, 5) is 11.6. The number of anilines is 2. The highest BCUT2D eigenvalue weighted by Gasteiger charge is 2.07. The molecule has 2 aromatic carbocycles. The first-order valence-corrected chi connectivity index (χ1v) is 5.89. The zero-order valence-corrected chi connectivity index (χ0v) is 10.5. The van der Waals surface area contributed by atoms with Crippen LogP contribution in [0.5, 0.6) is 0 Å². The molecule has 0 unspecified atom stereocenters. The van der Waals surface area contributed by atoms with E-state index in [0.717, 1.165) is 17.7 Å². The Hall–Kier alpha value is -2.63. The van der Waals surface area contributed by atoms with Crippen LogP contribution in [0.4, 0.5) is 25.0 Å². The minimum Gasteiger partial charge on any atom is -0.399 e. The maximum absolute atomic E-state index is 13.3. The molecule has 0 saturated heterocycles. The monoisotopic (exact) mass is 277 g/mol. The third kappa shape index (κ3) is 3.68. The first-order chi connectivity index (χ1) is 9.54. The predicted molar refractivity (Wildman–Crippen MR) is 73.1 cm³/mol. The van der Waals surface area contributed by atoms with E-state index < -0.39 is 17.7 Å². The summed E-state index contributed by atoms with van der Waals surface area (Å²) in [6.45, 7) is 0.250. The fourth-order valence-corrected chi connectivity index (χ4v) is 1.64. The second-order valence-electron chi connectivity index (χ2n) is 4.18.